The molecule has 104 valence electrons. The molecule has 0 saturated carbocycles. The smallest absolute Gasteiger partial charge is 0.258 e. The summed E-state index contributed by atoms with van der Waals surface area (Å²) in [5, 5.41) is -0.0533. The van der Waals surface area contributed by atoms with E-state index in [4.69, 9.17) is 9.15 Å². The first-order valence-corrected chi connectivity index (χ1v) is 7.45. The van der Waals surface area contributed by atoms with Crippen LogP contribution >= 0.6 is 11.8 Å². The average Bonchev–Trinajstić information content (AvgIpc) is 3.16. The molecule has 1 aliphatic rings. The van der Waals surface area contributed by atoms with Gasteiger partial charge < -0.3 is 14.1 Å². The summed E-state index contributed by atoms with van der Waals surface area (Å²) in [5.41, 5.74) is 0.592. The third-order valence-corrected chi connectivity index (χ3v) is 4.50. The Labute approximate surface area is 121 Å². The van der Waals surface area contributed by atoms with Gasteiger partial charge in [-0.3, -0.25) is 4.79 Å². The van der Waals surface area contributed by atoms with Crippen molar-refractivity contribution in [2.24, 2.45) is 0 Å². The maximum absolute atomic E-state index is 12.7. The Morgan fingerprint density at radius 3 is 2.95 bits per heavy atom. The summed E-state index contributed by atoms with van der Waals surface area (Å²) in [5.74, 6) is 2.31. The third kappa shape index (κ3) is 2.29. The third-order valence-electron chi connectivity index (χ3n) is 3.28. The normalized spacial score (nSPS) is 18.2. The molecule has 1 aromatic carbocycles. The fraction of sp³-hybridized carbons (Fsp3) is 0.267. The van der Waals surface area contributed by atoms with E-state index in [1.807, 2.05) is 29.2 Å². The van der Waals surface area contributed by atoms with Crippen LogP contribution in [0.5, 0.6) is 5.75 Å². The van der Waals surface area contributed by atoms with Gasteiger partial charge in [-0.05, 0) is 24.3 Å². The van der Waals surface area contributed by atoms with Gasteiger partial charge >= 0.3 is 0 Å². The monoisotopic (exact) mass is 289 g/mol. The summed E-state index contributed by atoms with van der Waals surface area (Å²) in [7, 11) is 1.58. The Bertz CT molecular complexity index is 597. The Balaban J connectivity index is 1.90. The Morgan fingerprint density at radius 2 is 2.20 bits per heavy atom. The van der Waals surface area contributed by atoms with E-state index in [9.17, 15) is 4.79 Å². The van der Waals surface area contributed by atoms with Gasteiger partial charge in [-0.25, -0.2) is 0 Å². The molecule has 2 aromatic rings. The lowest BCUT2D eigenvalue weighted by atomic mass is 10.1. The van der Waals surface area contributed by atoms with Crippen LogP contribution in [0.25, 0.3) is 0 Å². The zero-order valence-corrected chi connectivity index (χ0v) is 11.9. The predicted octanol–water partition coefficient (Wildman–Crippen LogP) is 3.18. The minimum atomic E-state index is -0.0533. The zero-order chi connectivity index (χ0) is 13.9. The van der Waals surface area contributed by atoms with Crippen LogP contribution in [0.4, 0.5) is 0 Å². The summed E-state index contributed by atoms with van der Waals surface area (Å²) in [6, 6.07) is 11.1. The molecule has 3 rings (SSSR count). The lowest BCUT2D eigenvalue weighted by Gasteiger charge is -2.23. The second kappa shape index (κ2) is 5.63. The first kappa shape index (κ1) is 13.1. The van der Waals surface area contributed by atoms with Crippen LogP contribution in [0.1, 0.15) is 21.5 Å². The number of ether oxygens (including phenoxy) is 1. The Morgan fingerprint density at radius 1 is 1.35 bits per heavy atom. The number of amides is 1. The molecule has 5 heteroatoms. The number of thioether (sulfide) groups is 1. The second-order valence-electron chi connectivity index (χ2n) is 4.44. The van der Waals surface area contributed by atoms with Crippen molar-refractivity contribution in [3.8, 4) is 5.75 Å². The molecule has 4 nitrogen and oxygen atoms in total. The van der Waals surface area contributed by atoms with Crippen molar-refractivity contribution >= 4 is 17.7 Å². The van der Waals surface area contributed by atoms with Crippen molar-refractivity contribution in [3.63, 3.8) is 0 Å². The van der Waals surface area contributed by atoms with Crippen molar-refractivity contribution in [3.05, 3.63) is 54.0 Å². The number of nitrogens with zero attached hydrogens (tertiary/aromatic N) is 1. The number of hydrogen-bond acceptors (Lipinski definition) is 4. The molecule has 0 spiro atoms. The SMILES string of the molecule is COc1ccccc1C(=O)N1CCSC1c1ccco1. The number of para-hydroxylation sites is 1. The van der Waals surface area contributed by atoms with E-state index in [-0.39, 0.29) is 11.3 Å². The number of carbonyl (C=O) groups is 1. The van der Waals surface area contributed by atoms with Gasteiger partial charge in [0.1, 0.15) is 16.9 Å². The van der Waals surface area contributed by atoms with E-state index in [2.05, 4.69) is 0 Å². The van der Waals surface area contributed by atoms with Gasteiger partial charge in [0.2, 0.25) is 0 Å². The van der Waals surface area contributed by atoms with Crippen LogP contribution in [-0.4, -0.2) is 30.2 Å². The minimum Gasteiger partial charge on any atom is -0.496 e. The summed E-state index contributed by atoms with van der Waals surface area (Å²) >= 11 is 1.72. The quantitative estimate of drug-likeness (QED) is 0.870. The van der Waals surface area contributed by atoms with Gasteiger partial charge in [0.05, 0.1) is 18.9 Å². The average molecular weight is 289 g/mol. The number of furan rings is 1. The lowest BCUT2D eigenvalue weighted by Crippen LogP contribution is -2.30. The topological polar surface area (TPSA) is 42.7 Å². The molecule has 1 aromatic heterocycles. The summed E-state index contributed by atoms with van der Waals surface area (Å²) in [4.78, 5) is 14.6. The first-order chi connectivity index (χ1) is 9.81. The fourth-order valence-corrected chi connectivity index (χ4v) is 3.53. The number of rotatable bonds is 3. The van der Waals surface area contributed by atoms with Crippen molar-refractivity contribution in [2.45, 2.75) is 5.37 Å². The molecule has 20 heavy (non-hydrogen) atoms. The highest BCUT2D eigenvalue weighted by Crippen LogP contribution is 2.39. The molecule has 1 atom stereocenters. The summed E-state index contributed by atoms with van der Waals surface area (Å²) < 4.78 is 10.7. The van der Waals surface area contributed by atoms with Crippen molar-refractivity contribution in [2.75, 3.05) is 19.4 Å². The first-order valence-electron chi connectivity index (χ1n) is 6.40. The van der Waals surface area contributed by atoms with Crippen LogP contribution in [0.3, 0.4) is 0 Å². The van der Waals surface area contributed by atoms with Gasteiger partial charge in [-0.15, -0.1) is 11.8 Å². The van der Waals surface area contributed by atoms with Crippen LogP contribution in [0.15, 0.2) is 47.1 Å². The van der Waals surface area contributed by atoms with E-state index < -0.39 is 0 Å². The second-order valence-corrected chi connectivity index (χ2v) is 5.63. The Hall–Kier alpha value is -1.88. The maximum Gasteiger partial charge on any atom is 0.258 e. The molecule has 0 radical (unpaired) electrons. The maximum atomic E-state index is 12.7. The lowest BCUT2D eigenvalue weighted by molar-refractivity contribution is 0.0746. The van der Waals surface area contributed by atoms with Crippen LogP contribution in [-0.2, 0) is 0 Å². The van der Waals surface area contributed by atoms with Crippen LogP contribution in [0, 0.1) is 0 Å². The van der Waals surface area contributed by atoms with E-state index in [1.165, 1.54) is 0 Å². The molecule has 1 unspecified atom stereocenters. The molecular formula is C15H15NO3S. The number of carbonyl (C=O) groups excluding carboxylic acids is 1. The molecular weight excluding hydrogens is 274 g/mol. The minimum absolute atomic E-state index is 0.0196. The molecule has 2 heterocycles. The van der Waals surface area contributed by atoms with Gasteiger partial charge in [-0.1, -0.05) is 12.1 Å². The predicted molar refractivity (Wildman–Crippen MR) is 77.9 cm³/mol. The number of methoxy groups -OCH3 is 1. The highest BCUT2D eigenvalue weighted by Gasteiger charge is 2.33. The largest absolute Gasteiger partial charge is 0.496 e. The van der Waals surface area contributed by atoms with E-state index in [0.29, 0.717) is 17.9 Å². The summed E-state index contributed by atoms with van der Waals surface area (Å²) in [6.07, 6.45) is 1.64. The molecule has 0 bridgehead atoms. The highest BCUT2D eigenvalue weighted by atomic mass is 32.2. The number of hydrogen-bond donors (Lipinski definition) is 0. The van der Waals surface area contributed by atoms with E-state index in [1.54, 1.807) is 37.3 Å². The fourth-order valence-electron chi connectivity index (χ4n) is 2.32. The van der Waals surface area contributed by atoms with Gasteiger partial charge in [0.25, 0.3) is 5.91 Å². The van der Waals surface area contributed by atoms with Gasteiger partial charge in [0.15, 0.2) is 0 Å². The molecule has 0 N–H and O–H groups in total. The van der Waals surface area contributed by atoms with E-state index >= 15 is 0 Å². The van der Waals surface area contributed by atoms with E-state index in [0.717, 1.165) is 11.5 Å². The standard InChI is InChI=1S/C15H15NO3S/c1-18-12-6-3-2-5-11(12)14(17)16-8-10-20-15(16)13-7-4-9-19-13/h2-7,9,15H,8,10H2,1H3. The molecule has 0 aliphatic carbocycles. The highest BCUT2D eigenvalue weighted by molar-refractivity contribution is 7.99. The molecule has 1 saturated heterocycles. The van der Waals surface area contributed by atoms with Crippen LogP contribution < -0.4 is 4.74 Å². The Kier molecular flexibility index (Phi) is 3.69. The zero-order valence-electron chi connectivity index (χ0n) is 11.1. The van der Waals surface area contributed by atoms with Gasteiger partial charge in [-0.2, -0.15) is 0 Å². The van der Waals surface area contributed by atoms with Gasteiger partial charge in [0, 0.05) is 12.3 Å². The molecule has 1 fully saturated rings. The molecule has 1 aliphatic heterocycles. The summed E-state index contributed by atoms with van der Waals surface area (Å²) in [6.45, 7) is 0.715. The molecule has 1 amide bonds. The van der Waals surface area contributed by atoms with Crippen molar-refractivity contribution in [1.82, 2.24) is 4.90 Å². The number of benzene rings is 1. The van der Waals surface area contributed by atoms with Crippen molar-refractivity contribution in [1.29, 1.82) is 0 Å². The van der Waals surface area contributed by atoms with Crippen LogP contribution in [0.2, 0.25) is 0 Å². The van der Waals surface area contributed by atoms with Crippen molar-refractivity contribution < 1.29 is 13.9 Å².